The van der Waals surface area contributed by atoms with Gasteiger partial charge in [-0.3, -0.25) is 4.79 Å². The van der Waals surface area contributed by atoms with Crippen LogP contribution in [0.5, 0.6) is 0 Å². The molecule has 1 rings (SSSR count). The molecule has 1 aromatic carbocycles. The summed E-state index contributed by atoms with van der Waals surface area (Å²) in [6.45, 7) is 6.44. The lowest BCUT2D eigenvalue weighted by atomic mass is 10.0. The number of amides is 1. The average molecular weight is 283 g/mol. The van der Waals surface area contributed by atoms with Gasteiger partial charge in [-0.05, 0) is 37.5 Å². The zero-order valence-electron chi connectivity index (χ0n) is 11.9. The summed E-state index contributed by atoms with van der Waals surface area (Å²) in [5.74, 6) is 0.611. The third kappa shape index (κ3) is 5.52. The highest BCUT2D eigenvalue weighted by atomic mass is 35.5. The molecule has 1 amide bonds. The second-order valence-electron chi connectivity index (χ2n) is 5.44. The van der Waals surface area contributed by atoms with Gasteiger partial charge in [0.2, 0.25) is 0 Å². The lowest BCUT2D eigenvalue weighted by molar-refractivity contribution is 0.0938. The van der Waals surface area contributed by atoms with Gasteiger partial charge >= 0.3 is 0 Å². The van der Waals surface area contributed by atoms with E-state index in [1.807, 2.05) is 6.92 Å². The van der Waals surface area contributed by atoms with Gasteiger partial charge in [0.15, 0.2) is 0 Å². The monoisotopic (exact) mass is 282 g/mol. The molecule has 1 atom stereocenters. The summed E-state index contributed by atoms with van der Waals surface area (Å²) in [4.78, 5) is 12.0. The zero-order chi connectivity index (χ0) is 14.4. The number of benzene rings is 1. The maximum atomic E-state index is 12.0. The van der Waals surface area contributed by atoms with Gasteiger partial charge < -0.3 is 11.1 Å². The van der Waals surface area contributed by atoms with Crippen molar-refractivity contribution in [3.05, 3.63) is 28.8 Å². The number of hydrogen-bond acceptors (Lipinski definition) is 2. The summed E-state index contributed by atoms with van der Waals surface area (Å²) < 4.78 is 0. The molecule has 106 valence electrons. The summed E-state index contributed by atoms with van der Waals surface area (Å²) in [6.07, 6.45) is 3.31. The summed E-state index contributed by atoms with van der Waals surface area (Å²) in [6, 6.07) is 5.12. The van der Waals surface area contributed by atoms with Crippen molar-refractivity contribution in [2.75, 3.05) is 5.73 Å². The van der Waals surface area contributed by atoms with Crippen LogP contribution in [0.4, 0.5) is 5.69 Å². The largest absolute Gasteiger partial charge is 0.398 e. The Labute approximate surface area is 120 Å². The van der Waals surface area contributed by atoms with Crippen LogP contribution in [0, 0.1) is 5.92 Å². The fourth-order valence-electron chi connectivity index (χ4n) is 1.90. The minimum absolute atomic E-state index is 0.0968. The number of nitrogen functional groups attached to an aromatic ring is 1. The van der Waals surface area contributed by atoms with Gasteiger partial charge in [-0.15, -0.1) is 0 Å². The van der Waals surface area contributed by atoms with E-state index >= 15 is 0 Å². The molecule has 3 nitrogen and oxygen atoms in total. The number of nitrogens with two attached hydrogens (primary N) is 1. The molecule has 0 aliphatic carbocycles. The third-order valence-electron chi connectivity index (χ3n) is 3.05. The number of rotatable bonds is 6. The van der Waals surface area contributed by atoms with Crippen LogP contribution in [0.25, 0.3) is 0 Å². The normalized spacial score (nSPS) is 12.5. The fourth-order valence-corrected chi connectivity index (χ4v) is 2.01. The number of halogens is 1. The van der Waals surface area contributed by atoms with Crippen LogP contribution in [0.15, 0.2) is 18.2 Å². The van der Waals surface area contributed by atoms with Crippen molar-refractivity contribution in [2.45, 2.75) is 46.1 Å². The van der Waals surface area contributed by atoms with Gasteiger partial charge in [-0.25, -0.2) is 0 Å². The predicted molar refractivity (Wildman–Crippen MR) is 81.5 cm³/mol. The molecule has 0 spiro atoms. The van der Waals surface area contributed by atoms with E-state index in [1.54, 1.807) is 18.2 Å². The van der Waals surface area contributed by atoms with Gasteiger partial charge in [-0.2, -0.15) is 0 Å². The van der Waals surface area contributed by atoms with E-state index < -0.39 is 0 Å². The summed E-state index contributed by atoms with van der Waals surface area (Å²) >= 11 is 5.83. The van der Waals surface area contributed by atoms with Gasteiger partial charge in [0, 0.05) is 11.6 Å². The molecule has 0 saturated carbocycles. The van der Waals surface area contributed by atoms with E-state index in [4.69, 9.17) is 17.3 Å². The van der Waals surface area contributed by atoms with E-state index in [9.17, 15) is 4.79 Å². The minimum Gasteiger partial charge on any atom is -0.398 e. The smallest absolute Gasteiger partial charge is 0.251 e. The molecule has 0 radical (unpaired) electrons. The van der Waals surface area contributed by atoms with Crippen molar-refractivity contribution in [1.29, 1.82) is 0 Å². The number of carbonyl (C=O) groups excluding carboxylic acids is 1. The Balaban J connectivity index is 2.47. The summed E-state index contributed by atoms with van der Waals surface area (Å²) in [5, 5.41) is 3.45. The first kappa shape index (κ1) is 15.8. The Morgan fingerprint density at radius 1 is 1.32 bits per heavy atom. The van der Waals surface area contributed by atoms with E-state index in [2.05, 4.69) is 19.2 Å². The van der Waals surface area contributed by atoms with Crippen LogP contribution in [-0.4, -0.2) is 11.9 Å². The molecule has 19 heavy (non-hydrogen) atoms. The Kier molecular flexibility index (Phi) is 6.16. The number of carbonyl (C=O) groups is 1. The maximum absolute atomic E-state index is 12.0. The molecule has 3 N–H and O–H groups in total. The molecule has 0 aliphatic rings. The molecule has 0 heterocycles. The molecule has 4 heteroatoms. The second kappa shape index (κ2) is 7.39. The van der Waals surface area contributed by atoms with Gasteiger partial charge in [0.05, 0.1) is 10.7 Å². The Hall–Kier alpha value is -1.22. The standard InChI is InChI=1S/C15H23ClN2O/c1-10(2)5-4-6-11(3)18-15(19)12-7-8-13(16)14(17)9-12/h7-11H,4-6,17H2,1-3H3,(H,18,19). The lowest BCUT2D eigenvalue weighted by Gasteiger charge is -2.15. The first-order chi connectivity index (χ1) is 8.90. The Morgan fingerprint density at radius 3 is 2.58 bits per heavy atom. The average Bonchev–Trinajstić information content (AvgIpc) is 2.32. The minimum atomic E-state index is -0.0968. The molecule has 0 saturated heterocycles. The Morgan fingerprint density at radius 2 is 2.00 bits per heavy atom. The topological polar surface area (TPSA) is 55.1 Å². The van der Waals surface area contributed by atoms with E-state index in [1.165, 1.54) is 6.42 Å². The van der Waals surface area contributed by atoms with Crippen LogP contribution in [0.3, 0.4) is 0 Å². The maximum Gasteiger partial charge on any atom is 0.251 e. The van der Waals surface area contributed by atoms with Gasteiger partial charge in [0.1, 0.15) is 0 Å². The number of hydrogen-bond donors (Lipinski definition) is 2. The molecular formula is C15H23ClN2O. The van der Waals surface area contributed by atoms with Crippen LogP contribution >= 0.6 is 11.6 Å². The second-order valence-corrected chi connectivity index (χ2v) is 5.84. The molecule has 0 aliphatic heterocycles. The van der Waals surface area contributed by atoms with Crippen LogP contribution in [0.2, 0.25) is 5.02 Å². The first-order valence-electron chi connectivity index (χ1n) is 6.76. The van der Waals surface area contributed by atoms with Gasteiger partial charge in [0.25, 0.3) is 5.91 Å². The highest BCUT2D eigenvalue weighted by Crippen LogP contribution is 2.19. The summed E-state index contributed by atoms with van der Waals surface area (Å²) in [7, 11) is 0. The zero-order valence-corrected chi connectivity index (χ0v) is 12.6. The number of anilines is 1. The van der Waals surface area contributed by atoms with Crippen LogP contribution in [-0.2, 0) is 0 Å². The summed E-state index contributed by atoms with van der Waals surface area (Å²) in [5.41, 5.74) is 6.68. The first-order valence-corrected chi connectivity index (χ1v) is 7.14. The fraction of sp³-hybridized carbons (Fsp3) is 0.533. The molecule has 0 aromatic heterocycles. The van der Waals surface area contributed by atoms with E-state index in [0.29, 0.717) is 22.2 Å². The van der Waals surface area contributed by atoms with Crippen molar-refractivity contribution < 1.29 is 4.79 Å². The van der Waals surface area contributed by atoms with E-state index in [0.717, 1.165) is 12.8 Å². The van der Waals surface area contributed by atoms with Crippen molar-refractivity contribution >= 4 is 23.2 Å². The van der Waals surface area contributed by atoms with Gasteiger partial charge in [-0.1, -0.05) is 38.3 Å². The van der Waals surface area contributed by atoms with Crippen LogP contribution < -0.4 is 11.1 Å². The number of nitrogens with one attached hydrogen (secondary N) is 1. The van der Waals surface area contributed by atoms with Crippen molar-refractivity contribution in [2.24, 2.45) is 5.92 Å². The van der Waals surface area contributed by atoms with Crippen LogP contribution in [0.1, 0.15) is 50.4 Å². The van der Waals surface area contributed by atoms with Crippen molar-refractivity contribution in [1.82, 2.24) is 5.32 Å². The molecule has 1 aromatic rings. The highest BCUT2D eigenvalue weighted by Gasteiger charge is 2.11. The third-order valence-corrected chi connectivity index (χ3v) is 3.40. The molecule has 0 fully saturated rings. The quantitative estimate of drug-likeness (QED) is 0.778. The van der Waals surface area contributed by atoms with Crippen molar-refractivity contribution in [3.63, 3.8) is 0 Å². The SMILES string of the molecule is CC(C)CCCC(C)NC(=O)c1ccc(Cl)c(N)c1. The lowest BCUT2D eigenvalue weighted by Crippen LogP contribution is -2.32. The molecule has 0 bridgehead atoms. The molecule has 1 unspecified atom stereocenters. The highest BCUT2D eigenvalue weighted by molar-refractivity contribution is 6.33. The molecular weight excluding hydrogens is 260 g/mol. The predicted octanol–water partition coefficient (Wildman–Crippen LogP) is 3.87. The van der Waals surface area contributed by atoms with E-state index in [-0.39, 0.29) is 11.9 Å². The van der Waals surface area contributed by atoms with Crippen molar-refractivity contribution in [3.8, 4) is 0 Å². The Bertz CT molecular complexity index is 432.